The summed E-state index contributed by atoms with van der Waals surface area (Å²) in [6, 6.07) is 4.78. The zero-order valence-electron chi connectivity index (χ0n) is 10.8. The molecule has 5 nitrogen and oxygen atoms in total. The molecule has 1 aromatic rings. The first-order chi connectivity index (χ1) is 8.31. The highest BCUT2D eigenvalue weighted by molar-refractivity contribution is 5.74. The number of benzene rings is 1. The fourth-order valence-electron chi connectivity index (χ4n) is 1.83. The van der Waals surface area contributed by atoms with E-state index >= 15 is 0 Å². The van der Waals surface area contributed by atoms with Crippen molar-refractivity contribution in [2.45, 2.75) is 33.6 Å². The summed E-state index contributed by atoms with van der Waals surface area (Å²) < 4.78 is 0. The molecule has 1 unspecified atom stereocenters. The van der Waals surface area contributed by atoms with Crippen molar-refractivity contribution >= 4 is 11.7 Å². The molecule has 0 bridgehead atoms. The normalized spacial score (nSPS) is 13.9. The van der Waals surface area contributed by atoms with Crippen molar-refractivity contribution in [3.8, 4) is 0 Å². The van der Waals surface area contributed by atoms with Gasteiger partial charge in [0, 0.05) is 11.6 Å². The van der Waals surface area contributed by atoms with Gasteiger partial charge in [-0.3, -0.25) is 14.9 Å². The summed E-state index contributed by atoms with van der Waals surface area (Å²) in [6.07, 6.45) is 0.775. The first-order valence-electron chi connectivity index (χ1n) is 5.78. The zero-order chi connectivity index (χ0) is 13.9. The van der Waals surface area contributed by atoms with Crippen LogP contribution < -0.4 is 0 Å². The molecule has 0 heterocycles. The Morgan fingerprint density at radius 3 is 2.56 bits per heavy atom. The highest BCUT2D eigenvalue weighted by Crippen LogP contribution is 2.30. The first-order valence-corrected chi connectivity index (χ1v) is 5.78. The molecule has 1 atom stereocenters. The molecule has 0 aliphatic carbocycles. The summed E-state index contributed by atoms with van der Waals surface area (Å²) in [4.78, 5) is 21.6. The topological polar surface area (TPSA) is 80.4 Å². The standard InChI is InChI=1S/C13H17NO4/c1-4-13(3,12(15)16)8-10-6-5-7-11(9(10)2)14(17)18/h5-7H,4,8H2,1-3H3,(H,15,16). The molecule has 0 aliphatic heterocycles. The summed E-state index contributed by atoms with van der Waals surface area (Å²) in [5.74, 6) is -0.879. The first kappa shape index (κ1) is 14.2. The maximum absolute atomic E-state index is 11.3. The lowest BCUT2D eigenvalue weighted by Gasteiger charge is -2.23. The fourth-order valence-corrected chi connectivity index (χ4v) is 1.83. The van der Waals surface area contributed by atoms with Crippen molar-refractivity contribution < 1.29 is 14.8 Å². The van der Waals surface area contributed by atoms with Crippen LogP contribution in [0.3, 0.4) is 0 Å². The third-order valence-electron chi connectivity index (χ3n) is 3.49. The van der Waals surface area contributed by atoms with Gasteiger partial charge in [-0.25, -0.2) is 0 Å². The fraction of sp³-hybridized carbons (Fsp3) is 0.462. The number of rotatable bonds is 5. The molecule has 0 radical (unpaired) electrons. The Kier molecular flexibility index (Phi) is 4.06. The van der Waals surface area contributed by atoms with Crippen LogP contribution in [0.2, 0.25) is 0 Å². The third-order valence-corrected chi connectivity index (χ3v) is 3.49. The second-order valence-electron chi connectivity index (χ2n) is 4.71. The monoisotopic (exact) mass is 251 g/mol. The van der Waals surface area contributed by atoms with E-state index in [0.29, 0.717) is 18.4 Å². The van der Waals surface area contributed by atoms with Gasteiger partial charge in [-0.1, -0.05) is 19.1 Å². The van der Waals surface area contributed by atoms with Gasteiger partial charge < -0.3 is 5.11 Å². The van der Waals surface area contributed by atoms with Crippen LogP contribution in [0.15, 0.2) is 18.2 Å². The van der Waals surface area contributed by atoms with Crippen LogP contribution in [0.25, 0.3) is 0 Å². The van der Waals surface area contributed by atoms with Crippen LogP contribution in [-0.2, 0) is 11.2 Å². The molecule has 98 valence electrons. The van der Waals surface area contributed by atoms with Crippen LogP contribution >= 0.6 is 0 Å². The van der Waals surface area contributed by atoms with E-state index in [2.05, 4.69) is 0 Å². The summed E-state index contributed by atoms with van der Waals surface area (Å²) in [7, 11) is 0. The number of hydrogen-bond acceptors (Lipinski definition) is 3. The molecule has 1 rings (SSSR count). The lowest BCUT2D eigenvalue weighted by atomic mass is 9.80. The van der Waals surface area contributed by atoms with Gasteiger partial charge in [-0.15, -0.1) is 0 Å². The van der Waals surface area contributed by atoms with Crippen LogP contribution in [0, 0.1) is 22.5 Å². The summed E-state index contributed by atoms with van der Waals surface area (Å²) in [6.45, 7) is 5.12. The molecule has 1 aromatic carbocycles. The summed E-state index contributed by atoms with van der Waals surface area (Å²) in [5, 5.41) is 20.1. The molecule has 0 amide bonds. The highest BCUT2D eigenvalue weighted by Gasteiger charge is 2.32. The van der Waals surface area contributed by atoms with Gasteiger partial charge in [0.05, 0.1) is 10.3 Å². The average Bonchev–Trinajstić information content (AvgIpc) is 2.31. The van der Waals surface area contributed by atoms with E-state index in [0.717, 1.165) is 5.56 Å². The average molecular weight is 251 g/mol. The van der Waals surface area contributed by atoms with E-state index in [9.17, 15) is 20.0 Å². The SMILES string of the molecule is CCC(C)(Cc1cccc([N+](=O)[O-])c1C)C(=O)O. The van der Waals surface area contributed by atoms with Crippen molar-refractivity contribution in [2.75, 3.05) is 0 Å². The van der Waals surface area contributed by atoms with Crippen molar-refractivity contribution in [3.63, 3.8) is 0 Å². The molecule has 0 aliphatic rings. The second-order valence-corrected chi connectivity index (χ2v) is 4.71. The van der Waals surface area contributed by atoms with E-state index in [1.54, 1.807) is 32.9 Å². The smallest absolute Gasteiger partial charge is 0.309 e. The second kappa shape index (κ2) is 5.16. The van der Waals surface area contributed by atoms with Gasteiger partial charge in [0.2, 0.25) is 0 Å². The number of hydrogen-bond donors (Lipinski definition) is 1. The molecule has 0 fully saturated rings. The largest absolute Gasteiger partial charge is 0.481 e. The number of aliphatic carboxylic acids is 1. The van der Waals surface area contributed by atoms with E-state index in [-0.39, 0.29) is 5.69 Å². The number of nitro groups is 1. The van der Waals surface area contributed by atoms with Gasteiger partial charge in [0.15, 0.2) is 0 Å². The van der Waals surface area contributed by atoms with Gasteiger partial charge in [0.25, 0.3) is 5.69 Å². The number of nitrogens with zero attached hydrogens (tertiary/aromatic N) is 1. The summed E-state index contributed by atoms with van der Waals surface area (Å²) in [5.41, 5.74) is 0.413. The Hall–Kier alpha value is -1.91. The van der Waals surface area contributed by atoms with Gasteiger partial charge in [0.1, 0.15) is 0 Å². The van der Waals surface area contributed by atoms with E-state index < -0.39 is 16.3 Å². The van der Waals surface area contributed by atoms with Crippen LogP contribution in [0.1, 0.15) is 31.4 Å². The van der Waals surface area contributed by atoms with Crippen molar-refractivity contribution in [2.24, 2.45) is 5.41 Å². The minimum absolute atomic E-state index is 0.0383. The third kappa shape index (κ3) is 2.67. The van der Waals surface area contributed by atoms with Crippen molar-refractivity contribution in [1.82, 2.24) is 0 Å². The quantitative estimate of drug-likeness (QED) is 0.644. The number of carboxylic acid groups (broad SMARTS) is 1. The summed E-state index contributed by atoms with van der Waals surface area (Å²) >= 11 is 0. The Morgan fingerprint density at radius 1 is 1.50 bits per heavy atom. The molecule has 0 saturated heterocycles. The highest BCUT2D eigenvalue weighted by atomic mass is 16.6. The predicted molar refractivity (Wildman–Crippen MR) is 67.6 cm³/mol. The number of carbonyl (C=O) groups is 1. The molecule has 5 heteroatoms. The van der Waals surface area contributed by atoms with Crippen LogP contribution in [0.4, 0.5) is 5.69 Å². The van der Waals surface area contributed by atoms with Gasteiger partial charge >= 0.3 is 5.97 Å². The van der Waals surface area contributed by atoms with Crippen LogP contribution in [0.5, 0.6) is 0 Å². The van der Waals surface area contributed by atoms with E-state index in [4.69, 9.17) is 0 Å². The molecular formula is C13H17NO4. The molecule has 18 heavy (non-hydrogen) atoms. The molecule has 0 aromatic heterocycles. The number of carboxylic acids is 1. The minimum Gasteiger partial charge on any atom is -0.481 e. The Bertz CT molecular complexity index is 484. The molecular weight excluding hydrogens is 234 g/mol. The van der Waals surface area contributed by atoms with E-state index in [1.807, 2.05) is 0 Å². The van der Waals surface area contributed by atoms with Crippen molar-refractivity contribution in [3.05, 3.63) is 39.4 Å². The Morgan fingerprint density at radius 2 is 2.11 bits per heavy atom. The minimum atomic E-state index is -0.889. The maximum Gasteiger partial charge on any atom is 0.309 e. The Balaban J connectivity index is 3.16. The maximum atomic E-state index is 11.3. The number of nitro benzene ring substituents is 1. The predicted octanol–water partition coefficient (Wildman–Crippen LogP) is 2.95. The lowest BCUT2D eigenvalue weighted by Crippen LogP contribution is -2.29. The molecule has 1 N–H and O–H groups in total. The van der Waals surface area contributed by atoms with E-state index in [1.165, 1.54) is 6.07 Å². The van der Waals surface area contributed by atoms with Crippen LogP contribution in [-0.4, -0.2) is 16.0 Å². The zero-order valence-corrected chi connectivity index (χ0v) is 10.8. The molecule has 0 saturated carbocycles. The van der Waals surface area contributed by atoms with Crippen molar-refractivity contribution in [1.29, 1.82) is 0 Å². The Labute approximate surface area is 106 Å². The molecule has 0 spiro atoms. The van der Waals surface area contributed by atoms with Gasteiger partial charge in [-0.2, -0.15) is 0 Å². The lowest BCUT2D eigenvalue weighted by molar-refractivity contribution is -0.385. The van der Waals surface area contributed by atoms with Gasteiger partial charge in [-0.05, 0) is 32.3 Å².